The van der Waals surface area contributed by atoms with Crippen LogP contribution in [0.2, 0.25) is 0 Å². The molecule has 0 aromatic carbocycles. The summed E-state index contributed by atoms with van der Waals surface area (Å²) < 4.78 is 10.3. The number of hydrogen-bond donors (Lipinski definition) is 0. The Balaban J connectivity index is 2.52. The summed E-state index contributed by atoms with van der Waals surface area (Å²) in [6.07, 6.45) is -0.136. The smallest absolute Gasteiger partial charge is 0.410 e. The molecule has 4 nitrogen and oxygen atoms in total. The second kappa shape index (κ2) is 4.46. The fourth-order valence-electron chi connectivity index (χ4n) is 1.40. The molecule has 13 heavy (non-hydrogen) atoms. The Labute approximate surface area is 78.8 Å². The predicted molar refractivity (Wildman–Crippen MR) is 48.6 cm³/mol. The van der Waals surface area contributed by atoms with Crippen molar-refractivity contribution in [3.63, 3.8) is 0 Å². The lowest BCUT2D eigenvalue weighted by molar-refractivity contribution is -0.0502. The third-order valence-electron chi connectivity index (χ3n) is 2.39. The van der Waals surface area contributed by atoms with E-state index >= 15 is 0 Å². The van der Waals surface area contributed by atoms with Gasteiger partial charge in [-0.3, -0.25) is 0 Å². The topological polar surface area (TPSA) is 38.8 Å². The normalized spacial score (nSPS) is 28.7. The van der Waals surface area contributed by atoms with Crippen molar-refractivity contribution < 1.29 is 14.3 Å². The van der Waals surface area contributed by atoms with Crippen LogP contribution in [-0.2, 0) is 9.47 Å². The largest absolute Gasteiger partial charge is 0.450 e. The van der Waals surface area contributed by atoms with Crippen LogP contribution in [0.1, 0.15) is 20.8 Å². The molecule has 1 rings (SSSR count). The van der Waals surface area contributed by atoms with Crippen molar-refractivity contribution in [2.45, 2.75) is 32.9 Å². The first-order valence-electron chi connectivity index (χ1n) is 4.71. The molecule has 0 aliphatic carbocycles. The predicted octanol–water partition coefficient (Wildman–Crippen LogP) is 1.25. The quantitative estimate of drug-likeness (QED) is 0.620. The second-order valence-electron chi connectivity index (χ2n) is 3.21. The van der Waals surface area contributed by atoms with E-state index in [0.29, 0.717) is 19.8 Å². The molecule has 1 aliphatic heterocycles. The van der Waals surface area contributed by atoms with Crippen molar-refractivity contribution >= 4 is 6.09 Å². The molecule has 0 saturated carbocycles. The second-order valence-corrected chi connectivity index (χ2v) is 3.21. The number of amides is 1. The Hall–Kier alpha value is -0.770. The van der Waals surface area contributed by atoms with Crippen molar-refractivity contribution in [1.82, 2.24) is 4.90 Å². The van der Waals surface area contributed by atoms with Gasteiger partial charge in [-0.1, -0.05) is 0 Å². The molecule has 2 unspecified atom stereocenters. The lowest BCUT2D eigenvalue weighted by Crippen LogP contribution is -2.51. The molecule has 0 N–H and O–H groups in total. The summed E-state index contributed by atoms with van der Waals surface area (Å²) in [5.41, 5.74) is 0. The maximum Gasteiger partial charge on any atom is 0.410 e. The van der Waals surface area contributed by atoms with Crippen LogP contribution in [0.5, 0.6) is 0 Å². The fourth-order valence-corrected chi connectivity index (χ4v) is 1.40. The fraction of sp³-hybridized carbons (Fsp3) is 0.889. The molecule has 0 aromatic heterocycles. The lowest BCUT2D eigenvalue weighted by atomic mass is 10.1. The van der Waals surface area contributed by atoms with E-state index in [1.54, 1.807) is 4.90 Å². The molecule has 0 spiro atoms. The highest BCUT2D eigenvalue weighted by molar-refractivity contribution is 5.68. The zero-order valence-corrected chi connectivity index (χ0v) is 8.45. The standard InChI is InChI=1S/C9H17NO3/c1-4-12-9(11)10-5-6-13-8(3)7(10)2/h7-8H,4-6H2,1-3H3. The van der Waals surface area contributed by atoms with Crippen molar-refractivity contribution in [3.8, 4) is 0 Å². The van der Waals surface area contributed by atoms with E-state index in [9.17, 15) is 4.79 Å². The lowest BCUT2D eigenvalue weighted by Gasteiger charge is -2.36. The molecule has 0 aromatic rings. The van der Waals surface area contributed by atoms with E-state index in [1.165, 1.54) is 0 Å². The molecular weight excluding hydrogens is 170 g/mol. The zero-order valence-electron chi connectivity index (χ0n) is 8.45. The minimum absolute atomic E-state index is 0.0955. The first kappa shape index (κ1) is 10.3. The monoisotopic (exact) mass is 187 g/mol. The van der Waals surface area contributed by atoms with Gasteiger partial charge in [-0.15, -0.1) is 0 Å². The maximum absolute atomic E-state index is 11.4. The number of morpholine rings is 1. The van der Waals surface area contributed by atoms with Gasteiger partial charge in [-0.05, 0) is 20.8 Å². The first-order chi connectivity index (χ1) is 6.16. The third kappa shape index (κ3) is 2.34. The van der Waals surface area contributed by atoms with Gasteiger partial charge in [-0.25, -0.2) is 4.79 Å². The zero-order chi connectivity index (χ0) is 9.84. The van der Waals surface area contributed by atoms with Crippen LogP contribution in [0, 0.1) is 0 Å². The molecule has 1 fully saturated rings. The molecule has 1 saturated heterocycles. The van der Waals surface area contributed by atoms with Gasteiger partial charge in [0.05, 0.1) is 25.4 Å². The number of carbonyl (C=O) groups excluding carboxylic acids is 1. The van der Waals surface area contributed by atoms with E-state index < -0.39 is 0 Å². The van der Waals surface area contributed by atoms with Gasteiger partial charge in [0.25, 0.3) is 0 Å². The van der Waals surface area contributed by atoms with Crippen LogP contribution in [0.25, 0.3) is 0 Å². The van der Waals surface area contributed by atoms with E-state index in [0.717, 1.165) is 0 Å². The number of carbonyl (C=O) groups is 1. The van der Waals surface area contributed by atoms with Gasteiger partial charge in [0.1, 0.15) is 0 Å². The number of nitrogens with zero attached hydrogens (tertiary/aromatic N) is 1. The average molecular weight is 187 g/mol. The van der Waals surface area contributed by atoms with Gasteiger partial charge in [0, 0.05) is 6.54 Å². The summed E-state index contributed by atoms with van der Waals surface area (Å²) in [6.45, 7) is 7.41. The van der Waals surface area contributed by atoms with Gasteiger partial charge < -0.3 is 14.4 Å². The van der Waals surface area contributed by atoms with Crippen LogP contribution in [-0.4, -0.2) is 42.9 Å². The summed E-state index contributed by atoms with van der Waals surface area (Å²) in [6, 6.07) is 0.104. The maximum atomic E-state index is 11.4. The van der Waals surface area contributed by atoms with Crippen LogP contribution in [0.15, 0.2) is 0 Å². The van der Waals surface area contributed by atoms with Gasteiger partial charge in [-0.2, -0.15) is 0 Å². The highest BCUT2D eigenvalue weighted by Crippen LogP contribution is 2.14. The molecule has 0 radical (unpaired) electrons. The highest BCUT2D eigenvalue weighted by Gasteiger charge is 2.29. The van der Waals surface area contributed by atoms with Crippen LogP contribution in [0.3, 0.4) is 0 Å². The summed E-state index contributed by atoms with van der Waals surface area (Å²) >= 11 is 0. The average Bonchev–Trinajstić information content (AvgIpc) is 2.10. The SMILES string of the molecule is CCOC(=O)N1CCOC(C)C1C. The van der Waals surface area contributed by atoms with Crippen molar-refractivity contribution in [2.24, 2.45) is 0 Å². The highest BCUT2D eigenvalue weighted by atomic mass is 16.6. The summed E-state index contributed by atoms with van der Waals surface area (Å²) in [5.74, 6) is 0. The van der Waals surface area contributed by atoms with Crippen LogP contribution < -0.4 is 0 Å². The minimum atomic E-state index is -0.231. The Bertz CT molecular complexity index is 184. The van der Waals surface area contributed by atoms with E-state index in [2.05, 4.69) is 0 Å². The van der Waals surface area contributed by atoms with E-state index in [-0.39, 0.29) is 18.2 Å². The minimum Gasteiger partial charge on any atom is -0.450 e. The van der Waals surface area contributed by atoms with E-state index in [1.807, 2.05) is 20.8 Å². The summed E-state index contributed by atoms with van der Waals surface area (Å²) in [5, 5.41) is 0. The first-order valence-corrected chi connectivity index (χ1v) is 4.71. The molecular formula is C9H17NO3. The number of hydrogen-bond acceptors (Lipinski definition) is 3. The molecule has 1 heterocycles. The molecule has 0 bridgehead atoms. The van der Waals surface area contributed by atoms with Crippen molar-refractivity contribution in [1.29, 1.82) is 0 Å². The van der Waals surface area contributed by atoms with Crippen LogP contribution >= 0.6 is 0 Å². The summed E-state index contributed by atoms with van der Waals surface area (Å²) in [4.78, 5) is 13.1. The summed E-state index contributed by atoms with van der Waals surface area (Å²) in [7, 11) is 0. The van der Waals surface area contributed by atoms with E-state index in [4.69, 9.17) is 9.47 Å². The Kier molecular flexibility index (Phi) is 3.54. The molecule has 1 aliphatic rings. The molecule has 1 amide bonds. The Morgan fingerprint density at radius 2 is 2.31 bits per heavy atom. The number of rotatable bonds is 1. The molecule has 4 heteroatoms. The molecule has 2 atom stereocenters. The van der Waals surface area contributed by atoms with Gasteiger partial charge in [0.2, 0.25) is 0 Å². The van der Waals surface area contributed by atoms with Crippen LogP contribution in [0.4, 0.5) is 4.79 Å². The van der Waals surface area contributed by atoms with Crippen molar-refractivity contribution in [3.05, 3.63) is 0 Å². The van der Waals surface area contributed by atoms with Gasteiger partial charge >= 0.3 is 6.09 Å². The van der Waals surface area contributed by atoms with Gasteiger partial charge in [0.15, 0.2) is 0 Å². The number of ether oxygens (including phenoxy) is 2. The Morgan fingerprint density at radius 1 is 1.62 bits per heavy atom. The Morgan fingerprint density at radius 3 is 2.92 bits per heavy atom. The third-order valence-corrected chi connectivity index (χ3v) is 2.39. The molecule has 76 valence electrons. The van der Waals surface area contributed by atoms with Crippen molar-refractivity contribution in [2.75, 3.05) is 19.8 Å².